The van der Waals surface area contributed by atoms with E-state index in [1.165, 1.54) is 47.4 Å². The third-order valence-electron chi connectivity index (χ3n) is 6.89. The lowest BCUT2D eigenvalue weighted by atomic mass is 10.0. The number of likely N-dealkylation sites (N-methyl/N-ethyl adjacent to an activating group) is 1. The number of rotatable bonds is 12. The van der Waals surface area contributed by atoms with Gasteiger partial charge in [0.1, 0.15) is 18.4 Å². The Bertz CT molecular complexity index is 1670. The number of hydrogen-bond acceptors (Lipinski definition) is 4. The molecule has 0 aliphatic carbocycles. The molecule has 4 aromatic carbocycles. The van der Waals surface area contributed by atoms with Crippen molar-refractivity contribution in [3.05, 3.63) is 131 Å². The number of nitrogens with zero attached hydrogens (tertiary/aromatic N) is 2. The molecule has 0 saturated carbocycles. The molecule has 4 aromatic rings. The van der Waals surface area contributed by atoms with Gasteiger partial charge in [-0.15, -0.1) is 0 Å². The molecule has 10 heteroatoms. The first-order valence-electron chi connectivity index (χ1n) is 13.8. The van der Waals surface area contributed by atoms with Crippen molar-refractivity contribution >= 4 is 39.1 Å². The second kappa shape index (κ2) is 14.3. The minimum Gasteiger partial charge on any atom is -0.355 e. The van der Waals surface area contributed by atoms with E-state index in [1.54, 1.807) is 31.2 Å². The summed E-state index contributed by atoms with van der Waals surface area (Å²) in [6.45, 7) is 3.01. The fraction of sp³-hybridized carbons (Fsp3) is 0.212. The van der Waals surface area contributed by atoms with Gasteiger partial charge in [-0.05, 0) is 67.4 Å². The van der Waals surface area contributed by atoms with Gasteiger partial charge >= 0.3 is 0 Å². The van der Waals surface area contributed by atoms with Crippen LogP contribution in [0.2, 0.25) is 5.02 Å². The van der Waals surface area contributed by atoms with Gasteiger partial charge in [-0.1, -0.05) is 72.3 Å². The van der Waals surface area contributed by atoms with Crippen molar-refractivity contribution in [3.63, 3.8) is 0 Å². The Morgan fingerprint density at radius 2 is 1.58 bits per heavy atom. The zero-order chi connectivity index (χ0) is 31.0. The van der Waals surface area contributed by atoms with Crippen LogP contribution in [0.15, 0.2) is 108 Å². The molecule has 0 aromatic heterocycles. The van der Waals surface area contributed by atoms with Crippen molar-refractivity contribution in [2.24, 2.45) is 0 Å². The molecule has 7 nitrogen and oxygen atoms in total. The summed E-state index contributed by atoms with van der Waals surface area (Å²) in [5, 5.41) is 3.14. The van der Waals surface area contributed by atoms with Gasteiger partial charge in [-0.2, -0.15) is 0 Å². The highest BCUT2D eigenvalue weighted by Gasteiger charge is 2.34. The first kappa shape index (κ1) is 31.7. The Hall–Kier alpha value is -4.21. The number of carbonyl (C=O) groups is 2. The quantitative estimate of drug-likeness (QED) is 0.218. The monoisotopic (exact) mass is 621 g/mol. The number of nitrogens with one attached hydrogen (secondary N) is 1. The first-order valence-corrected chi connectivity index (χ1v) is 15.6. The maximum atomic E-state index is 14.9. The molecule has 0 bridgehead atoms. The van der Waals surface area contributed by atoms with E-state index in [0.717, 1.165) is 15.4 Å². The van der Waals surface area contributed by atoms with Crippen molar-refractivity contribution in [1.29, 1.82) is 0 Å². The topological polar surface area (TPSA) is 86.8 Å². The molecule has 43 heavy (non-hydrogen) atoms. The van der Waals surface area contributed by atoms with E-state index in [4.69, 9.17) is 11.6 Å². The zero-order valence-corrected chi connectivity index (χ0v) is 25.5. The van der Waals surface area contributed by atoms with Gasteiger partial charge in [0.2, 0.25) is 11.8 Å². The minimum atomic E-state index is -4.26. The van der Waals surface area contributed by atoms with Gasteiger partial charge in [0.05, 0.1) is 10.6 Å². The molecule has 0 aliphatic rings. The maximum absolute atomic E-state index is 14.9. The Morgan fingerprint density at radius 3 is 2.23 bits per heavy atom. The van der Waals surface area contributed by atoms with Crippen molar-refractivity contribution in [3.8, 4) is 0 Å². The Kier molecular flexibility index (Phi) is 10.6. The van der Waals surface area contributed by atoms with Gasteiger partial charge in [0.25, 0.3) is 10.0 Å². The normalized spacial score (nSPS) is 11.9. The lowest BCUT2D eigenvalue weighted by Crippen LogP contribution is -2.53. The van der Waals surface area contributed by atoms with Crippen LogP contribution in [-0.2, 0) is 32.6 Å². The van der Waals surface area contributed by atoms with Crippen LogP contribution in [0, 0.1) is 12.7 Å². The molecule has 0 fully saturated rings. The van der Waals surface area contributed by atoms with Crippen LogP contribution < -0.4 is 9.62 Å². The number of anilines is 1. The van der Waals surface area contributed by atoms with Crippen LogP contribution in [0.5, 0.6) is 0 Å². The van der Waals surface area contributed by atoms with E-state index >= 15 is 0 Å². The first-order chi connectivity index (χ1) is 20.6. The Balaban J connectivity index is 1.80. The van der Waals surface area contributed by atoms with E-state index in [9.17, 15) is 22.4 Å². The number of sulfonamides is 1. The highest BCUT2D eigenvalue weighted by Crippen LogP contribution is 2.27. The van der Waals surface area contributed by atoms with Crippen LogP contribution in [0.4, 0.5) is 10.1 Å². The molecule has 2 amide bonds. The largest absolute Gasteiger partial charge is 0.355 e. The average Bonchev–Trinajstić information content (AvgIpc) is 2.99. The SMILES string of the molecule is CCNC(=O)C(Cc1ccccc1)N(Cc1ccccc1F)C(=O)CN(c1cccc(C)c1)S(=O)(=O)c1ccc(Cl)cc1. The lowest BCUT2D eigenvalue weighted by molar-refractivity contribution is -0.140. The van der Waals surface area contributed by atoms with E-state index in [0.29, 0.717) is 11.6 Å². The van der Waals surface area contributed by atoms with Gasteiger partial charge in [0, 0.05) is 30.1 Å². The molecule has 0 aliphatic heterocycles. The molecule has 1 atom stereocenters. The molecule has 0 spiro atoms. The third-order valence-corrected chi connectivity index (χ3v) is 8.93. The van der Waals surface area contributed by atoms with Crippen LogP contribution >= 0.6 is 11.6 Å². The van der Waals surface area contributed by atoms with Crippen molar-refractivity contribution < 1.29 is 22.4 Å². The summed E-state index contributed by atoms with van der Waals surface area (Å²) in [6.07, 6.45) is 0.140. The Labute approximate surface area is 257 Å². The summed E-state index contributed by atoms with van der Waals surface area (Å²) in [6, 6.07) is 26.5. The van der Waals surface area contributed by atoms with Crippen molar-refractivity contribution in [1.82, 2.24) is 10.2 Å². The molecule has 1 N–H and O–H groups in total. The van der Waals surface area contributed by atoms with Crippen LogP contribution in [0.1, 0.15) is 23.6 Å². The second-order valence-electron chi connectivity index (χ2n) is 10.0. The van der Waals surface area contributed by atoms with Gasteiger partial charge < -0.3 is 10.2 Å². The minimum absolute atomic E-state index is 0.0589. The number of benzene rings is 4. The molecule has 224 valence electrons. The third kappa shape index (κ3) is 8.00. The number of carbonyl (C=O) groups excluding carboxylic acids is 2. The maximum Gasteiger partial charge on any atom is 0.264 e. The molecule has 0 radical (unpaired) electrons. The summed E-state index contributed by atoms with van der Waals surface area (Å²) >= 11 is 6.01. The van der Waals surface area contributed by atoms with Crippen LogP contribution in [0.25, 0.3) is 0 Å². The van der Waals surface area contributed by atoms with Crippen LogP contribution in [0.3, 0.4) is 0 Å². The number of hydrogen-bond donors (Lipinski definition) is 1. The molecular formula is C33H33ClFN3O4S. The smallest absolute Gasteiger partial charge is 0.264 e. The average molecular weight is 622 g/mol. The van der Waals surface area contributed by atoms with E-state index in [2.05, 4.69) is 5.32 Å². The molecule has 1 unspecified atom stereocenters. The van der Waals surface area contributed by atoms with E-state index in [-0.39, 0.29) is 29.1 Å². The van der Waals surface area contributed by atoms with E-state index < -0.39 is 40.2 Å². The second-order valence-corrected chi connectivity index (χ2v) is 12.3. The van der Waals surface area contributed by atoms with Crippen molar-refractivity contribution in [2.75, 3.05) is 17.4 Å². The van der Waals surface area contributed by atoms with Gasteiger partial charge in [-0.25, -0.2) is 12.8 Å². The summed E-state index contributed by atoms with van der Waals surface area (Å²) in [4.78, 5) is 29.0. The lowest BCUT2D eigenvalue weighted by Gasteiger charge is -2.34. The number of aryl methyl sites for hydroxylation is 1. The Morgan fingerprint density at radius 1 is 0.907 bits per heavy atom. The fourth-order valence-electron chi connectivity index (χ4n) is 4.70. The van der Waals surface area contributed by atoms with Gasteiger partial charge in [0.15, 0.2) is 0 Å². The van der Waals surface area contributed by atoms with Crippen LogP contribution in [-0.4, -0.2) is 44.3 Å². The predicted octanol–water partition coefficient (Wildman–Crippen LogP) is 5.76. The number of amides is 2. The van der Waals surface area contributed by atoms with Gasteiger partial charge in [-0.3, -0.25) is 13.9 Å². The molecular weight excluding hydrogens is 589 g/mol. The zero-order valence-electron chi connectivity index (χ0n) is 23.9. The standard InChI is InChI=1S/C33H33ClFN3O4S/c1-3-36-33(40)31(21-25-11-5-4-6-12-25)37(22-26-13-7-8-15-30(26)35)32(39)23-38(28-14-9-10-24(2)20-28)43(41,42)29-18-16-27(34)17-19-29/h4-20,31H,3,21-23H2,1-2H3,(H,36,40). The highest BCUT2D eigenvalue weighted by molar-refractivity contribution is 7.92. The molecule has 0 saturated heterocycles. The molecule has 0 heterocycles. The van der Waals surface area contributed by atoms with E-state index in [1.807, 2.05) is 43.3 Å². The number of halogens is 2. The fourth-order valence-corrected chi connectivity index (χ4v) is 6.23. The summed E-state index contributed by atoms with van der Waals surface area (Å²) in [5.74, 6) is -1.65. The van der Waals surface area contributed by atoms with Crippen molar-refractivity contribution in [2.45, 2.75) is 37.8 Å². The summed E-state index contributed by atoms with van der Waals surface area (Å²) < 4.78 is 43.9. The summed E-state index contributed by atoms with van der Waals surface area (Å²) in [7, 11) is -4.26. The highest BCUT2D eigenvalue weighted by atomic mass is 35.5. The predicted molar refractivity (Wildman–Crippen MR) is 167 cm³/mol. The summed E-state index contributed by atoms with van der Waals surface area (Å²) in [5.41, 5.74) is 2.04. The molecule has 4 rings (SSSR count).